The molecular formula is C20H23N7O3. The quantitative estimate of drug-likeness (QED) is 0.520. The molecule has 0 radical (unpaired) electrons. The lowest BCUT2D eigenvalue weighted by Gasteiger charge is -2.49. The number of nitrogens with one attached hydrogen (secondary N) is 3. The van der Waals surface area contributed by atoms with E-state index in [1.165, 1.54) is 0 Å². The van der Waals surface area contributed by atoms with Crippen molar-refractivity contribution in [2.24, 2.45) is 5.41 Å². The summed E-state index contributed by atoms with van der Waals surface area (Å²) in [6.45, 7) is 3.04. The van der Waals surface area contributed by atoms with Gasteiger partial charge < -0.3 is 15.0 Å². The largest absolute Gasteiger partial charge is 0.497 e. The monoisotopic (exact) mass is 409 g/mol. The van der Waals surface area contributed by atoms with Gasteiger partial charge in [0, 0.05) is 19.3 Å². The summed E-state index contributed by atoms with van der Waals surface area (Å²) < 4.78 is 5.32. The van der Waals surface area contributed by atoms with Crippen LogP contribution in [0.4, 0.5) is 5.82 Å². The zero-order valence-electron chi connectivity index (χ0n) is 16.8. The second-order valence-corrected chi connectivity index (χ2v) is 7.49. The van der Waals surface area contributed by atoms with E-state index in [1.54, 1.807) is 19.5 Å². The van der Waals surface area contributed by atoms with Crippen molar-refractivity contribution in [1.82, 2.24) is 30.5 Å². The molecule has 0 atom stereocenters. The highest BCUT2D eigenvalue weighted by molar-refractivity contribution is 5.86. The Balaban J connectivity index is 1.53. The van der Waals surface area contributed by atoms with E-state index in [0.717, 1.165) is 22.8 Å². The molecule has 4 rings (SSSR count). The summed E-state index contributed by atoms with van der Waals surface area (Å²) in [6, 6.07) is 7.71. The Kier molecular flexibility index (Phi) is 5.21. The smallest absolute Gasteiger partial charge is 0.340 e. The van der Waals surface area contributed by atoms with Crippen molar-refractivity contribution < 1.29 is 9.53 Å². The number of methoxy groups -OCH3 is 1. The van der Waals surface area contributed by atoms with E-state index >= 15 is 0 Å². The van der Waals surface area contributed by atoms with E-state index < -0.39 is 11.1 Å². The van der Waals surface area contributed by atoms with Crippen molar-refractivity contribution in [3.05, 3.63) is 64.2 Å². The third-order valence-electron chi connectivity index (χ3n) is 5.18. The summed E-state index contributed by atoms with van der Waals surface area (Å²) in [7, 11) is 1.62. The first-order chi connectivity index (χ1) is 14.5. The van der Waals surface area contributed by atoms with E-state index in [0.29, 0.717) is 25.3 Å². The number of hydrogen-bond donors (Lipinski definition) is 3. The average Bonchev–Trinajstić information content (AvgIpc) is 3.14. The van der Waals surface area contributed by atoms with E-state index in [2.05, 4.69) is 30.5 Å². The first kappa shape index (κ1) is 19.6. The van der Waals surface area contributed by atoms with Gasteiger partial charge in [-0.2, -0.15) is 5.10 Å². The van der Waals surface area contributed by atoms with Crippen LogP contribution < -0.4 is 20.6 Å². The SMILES string of the molecule is COc1cccc(CC2(C(=O)NCc3n[nH]c(=O)[nH]3)CN(c3cncc(C)n3)C2)c1. The number of carbonyl (C=O) groups excluding carboxylic acids is 1. The van der Waals surface area contributed by atoms with Gasteiger partial charge in [0.1, 0.15) is 17.4 Å². The molecule has 3 heterocycles. The number of hydrogen-bond acceptors (Lipinski definition) is 7. The van der Waals surface area contributed by atoms with Crippen molar-refractivity contribution in [2.45, 2.75) is 19.9 Å². The van der Waals surface area contributed by atoms with Crippen molar-refractivity contribution in [1.29, 1.82) is 0 Å². The summed E-state index contributed by atoms with van der Waals surface area (Å²) in [5.41, 5.74) is 0.782. The van der Waals surface area contributed by atoms with E-state index in [-0.39, 0.29) is 12.5 Å². The van der Waals surface area contributed by atoms with Gasteiger partial charge in [0.25, 0.3) is 0 Å². The van der Waals surface area contributed by atoms with Gasteiger partial charge in [-0.3, -0.25) is 14.8 Å². The highest BCUT2D eigenvalue weighted by atomic mass is 16.5. The number of benzene rings is 1. The molecule has 1 amide bonds. The Morgan fingerprint density at radius 2 is 2.17 bits per heavy atom. The van der Waals surface area contributed by atoms with E-state index in [1.807, 2.05) is 36.1 Å². The number of amides is 1. The summed E-state index contributed by atoms with van der Waals surface area (Å²) in [5, 5.41) is 9.04. The number of carbonyl (C=O) groups is 1. The third kappa shape index (κ3) is 4.02. The first-order valence-corrected chi connectivity index (χ1v) is 9.56. The number of rotatable bonds is 7. The van der Waals surface area contributed by atoms with Gasteiger partial charge in [0.2, 0.25) is 5.91 Å². The second-order valence-electron chi connectivity index (χ2n) is 7.49. The Hall–Kier alpha value is -3.69. The van der Waals surface area contributed by atoms with Crippen LogP contribution in [0, 0.1) is 12.3 Å². The number of aromatic amines is 2. The Bertz CT molecular complexity index is 1100. The van der Waals surface area contributed by atoms with Gasteiger partial charge in [0.05, 0.1) is 31.0 Å². The molecule has 1 fully saturated rings. The number of ether oxygens (including phenoxy) is 1. The number of aryl methyl sites for hydroxylation is 1. The molecule has 0 saturated carbocycles. The maximum absolute atomic E-state index is 13.2. The van der Waals surface area contributed by atoms with Gasteiger partial charge in [-0.05, 0) is 31.0 Å². The van der Waals surface area contributed by atoms with Gasteiger partial charge >= 0.3 is 5.69 Å². The maximum Gasteiger partial charge on any atom is 0.340 e. The molecule has 0 bridgehead atoms. The molecular weight excluding hydrogens is 386 g/mol. The fourth-order valence-corrected chi connectivity index (χ4v) is 3.70. The molecule has 1 aromatic carbocycles. The predicted octanol–water partition coefficient (Wildman–Crippen LogP) is 0.571. The lowest BCUT2D eigenvalue weighted by molar-refractivity contribution is -0.132. The fraction of sp³-hybridized carbons (Fsp3) is 0.350. The van der Waals surface area contributed by atoms with E-state index in [9.17, 15) is 9.59 Å². The third-order valence-corrected chi connectivity index (χ3v) is 5.18. The van der Waals surface area contributed by atoms with Crippen molar-refractivity contribution >= 4 is 11.7 Å². The van der Waals surface area contributed by atoms with Crippen LogP contribution in [0.3, 0.4) is 0 Å². The van der Waals surface area contributed by atoms with Crippen LogP contribution >= 0.6 is 0 Å². The molecule has 3 aromatic rings. The highest BCUT2D eigenvalue weighted by Crippen LogP contribution is 2.37. The number of nitrogens with zero attached hydrogens (tertiary/aromatic N) is 4. The Morgan fingerprint density at radius 1 is 1.33 bits per heavy atom. The molecule has 0 spiro atoms. The Labute approximate surface area is 172 Å². The van der Waals surface area contributed by atoms with Crippen LogP contribution in [0.1, 0.15) is 17.1 Å². The van der Waals surface area contributed by atoms with Gasteiger partial charge in [-0.15, -0.1) is 0 Å². The molecule has 1 aliphatic rings. The molecule has 3 N–H and O–H groups in total. The molecule has 156 valence electrons. The van der Waals surface area contributed by atoms with E-state index in [4.69, 9.17) is 4.74 Å². The lowest BCUT2D eigenvalue weighted by Crippen LogP contribution is -2.64. The van der Waals surface area contributed by atoms with Crippen LogP contribution in [0.5, 0.6) is 5.75 Å². The summed E-state index contributed by atoms with van der Waals surface area (Å²) in [4.78, 5) is 37.7. The summed E-state index contributed by atoms with van der Waals surface area (Å²) in [6.07, 6.45) is 3.95. The van der Waals surface area contributed by atoms with Crippen LogP contribution in [-0.4, -0.2) is 51.3 Å². The summed E-state index contributed by atoms with van der Waals surface area (Å²) >= 11 is 0. The molecule has 10 heteroatoms. The van der Waals surface area contributed by atoms with Crippen LogP contribution in [0.15, 0.2) is 41.5 Å². The standard InChI is InChI=1S/C20H23N7O3/c1-13-8-21-10-17(23-13)27-11-20(12-27,7-14-4-3-5-15(6-14)30-2)18(28)22-9-16-24-19(29)26-25-16/h3-6,8,10H,7,9,11-12H2,1-2H3,(H,22,28)(H2,24,25,26,29). The molecule has 2 aromatic heterocycles. The molecule has 0 aliphatic carbocycles. The topological polar surface area (TPSA) is 129 Å². The predicted molar refractivity (Wildman–Crippen MR) is 109 cm³/mol. The zero-order chi connectivity index (χ0) is 21.1. The van der Waals surface area contributed by atoms with Crippen LogP contribution in [-0.2, 0) is 17.8 Å². The molecule has 1 saturated heterocycles. The van der Waals surface area contributed by atoms with Crippen molar-refractivity contribution in [3.8, 4) is 5.75 Å². The second kappa shape index (κ2) is 7.97. The van der Waals surface area contributed by atoms with Crippen molar-refractivity contribution in [3.63, 3.8) is 0 Å². The minimum Gasteiger partial charge on any atom is -0.497 e. The lowest BCUT2D eigenvalue weighted by atomic mass is 9.73. The van der Waals surface area contributed by atoms with Gasteiger partial charge in [0.15, 0.2) is 0 Å². The average molecular weight is 409 g/mol. The molecule has 1 aliphatic heterocycles. The molecule has 0 unspecified atom stereocenters. The summed E-state index contributed by atoms with van der Waals surface area (Å²) in [5.74, 6) is 1.77. The molecule has 30 heavy (non-hydrogen) atoms. The minimum absolute atomic E-state index is 0.106. The fourth-order valence-electron chi connectivity index (χ4n) is 3.70. The van der Waals surface area contributed by atoms with Crippen LogP contribution in [0.25, 0.3) is 0 Å². The van der Waals surface area contributed by atoms with Gasteiger partial charge in [-0.1, -0.05) is 12.1 Å². The highest BCUT2D eigenvalue weighted by Gasteiger charge is 2.49. The number of H-pyrrole nitrogens is 2. The number of anilines is 1. The van der Waals surface area contributed by atoms with Gasteiger partial charge in [-0.25, -0.2) is 14.9 Å². The zero-order valence-corrected chi connectivity index (χ0v) is 16.8. The minimum atomic E-state index is -0.644. The maximum atomic E-state index is 13.2. The number of aromatic nitrogens is 5. The first-order valence-electron chi connectivity index (χ1n) is 9.56. The Morgan fingerprint density at radius 3 is 2.87 bits per heavy atom. The molecule has 10 nitrogen and oxygen atoms in total. The normalized spacial score (nSPS) is 14.8. The van der Waals surface area contributed by atoms with Crippen LogP contribution in [0.2, 0.25) is 0 Å². The van der Waals surface area contributed by atoms with Crippen molar-refractivity contribution in [2.75, 3.05) is 25.1 Å².